The summed E-state index contributed by atoms with van der Waals surface area (Å²) in [5.41, 5.74) is 10.2. The van der Waals surface area contributed by atoms with Crippen LogP contribution in [-0.4, -0.2) is 0 Å². The molecular weight excluding hydrogens is 611 g/mol. The first-order valence-electron chi connectivity index (χ1n) is 16.1. The van der Waals surface area contributed by atoms with Gasteiger partial charge in [0, 0.05) is 17.1 Å². The lowest BCUT2D eigenvalue weighted by atomic mass is 10.1. The predicted molar refractivity (Wildman–Crippen MR) is 201 cm³/mol. The van der Waals surface area contributed by atoms with E-state index in [0.29, 0.717) is 16.7 Å². The van der Waals surface area contributed by atoms with Crippen molar-refractivity contribution in [2.75, 3.05) is 4.90 Å². The molecule has 6 aromatic carbocycles. The monoisotopic (exact) mass is 647 g/mol. The Bertz CT molecular complexity index is 1910. The second-order valence-electron chi connectivity index (χ2n) is 12.1. The zero-order valence-electron chi connectivity index (χ0n) is 27.7. The lowest BCUT2D eigenvalue weighted by molar-refractivity contribution is 0.618. The topological polar surface area (TPSA) is 3.24 Å². The van der Waals surface area contributed by atoms with Crippen LogP contribution in [0.2, 0.25) is 0 Å². The van der Waals surface area contributed by atoms with E-state index in [0.717, 1.165) is 50.4 Å². The third kappa shape index (κ3) is 8.35. The molecular formula is C45H36F3N. The number of hydrogen-bond acceptors (Lipinski definition) is 1. The SMILES string of the molecule is Cc1ccc(C=Cc2ccc(N(c3ccc(C=Cc4ccc(C)c(F)c4)cc3)c3ccc(C=Cc4ccc(C)c(F)c4)cc3)cc2)cc1F. The summed E-state index contributed by atoms with van der Waals surface area (Å²) < 4.78 is 42.1. The van der Waals surface area contributed by atoms with Gasteiger partial charge >= 0.3 is 0 Å². The third-order valence-electron chi connectivity index (χ3n) is 8.45. The Kier molecular flexibility index (Phi) is 10.1. The number of aryl methyl sites for hydroxylation is 3. The Morgan fingerprint density at radius 3 is 0.796 bits per heavy atom. The number of hydrogen-bond donors (Lipinski definition) is 0. The molecule has 49 heavy (non-hydrogen) atoms. The van der Waals surface area contributed by atoms with Crippen LogP contribution < -0.4 is 4.90 Å². The fourth-order valence-electron chi connectivity index (χ4n) is 5.37. The van der Waals surface area contributed by atoms with Crippen molar-refractivity contribution in [1.82, 2.24) is 0 Å². The van der Waals surface area contributed by atoms with Crippen LogP contribution in [0.4, 0.5) is 30.2 Å². The van der Waals surface area contributed by atoms with Gasteiger partial charge in [0.05, 0.1) is 0 Å². The Morgan fingerprint density at radius 1 is 0.327 bits per heavy atom. The first-order chi connectivity index (χ1) is 23.7. The Labute approximate surface area is 286 Å². The van der Waals surface area contributed by atoms with Crippen molar-refractivity contribution in [3.05, 3.63) is 195 Å². The standard InChI is InChI=1S/C45H36F3N/c1-31-4-7-37(28-43(31)46)13-10-34-16-22-40(23-17-34)49(41-24-18-35(19-25-41)11-14-38-8-5-32(2)44(47)29-38)42-26-20-36(21-27-42)12-15-39-9-6-33(3)45(48)30-39/h4-30H,1-3H3. The summed E-state index contributed by atoms with van der Waals surface area (Å²) in [5, 5.41) is 0. The fourth-order valence-corrected chi connectivity index (χ4v) is 5.37. The molecule has 6 rings (SSSR count). The molecule has 0 atom stereocenters. The second-order valence-corrected chi connectivity index (χ2v) is 12.1. The van der Waals surface area contributed by atoms with Crippen molar-refractivity contribution >= 4 is 53.5 Å². The summed E-state index contributed by atoms with van der Waals surface area (Å²) in [6, 6.07) is 40.3. The predicted octanol–water partition coefficient (Wildman–Crippen LogP) is 13.0. The molecule has 0 aliphatic carbocycles. The van der Waals surface area contributed by atoms with Crippen molar-refractivity contribution in [2.24, 2.45) is 0 Å². The van der Waals surface area contributed by atoms with Gasteiger partial charge in [-0.05, 0) is 125 Å². The van der Waals surface area contributed by atoms with Gasteiger partial charge in [0.25, 0.3) is 0 Å². The van der Waals surface area contributed by atoms with E-state index < -0.39 is 0 Å². The van der Waals surface area contributed by atoms with Crippen molar-refractivity contribution in [1.29, 1.82) is 0 Å². The highest BCUT2D eigenvalue weighted by Gasteiger charge is 2.12. The van der Waals surface area contributed by atoms with Gasteiger partial charge in [-0.15, -0.1) is 0 Å². The molecule has 0 aromatic heterocycles. The average Bonchev–Trinajstić information content (AvgIpc) is 3.11. The zero-order valence-corrected chi connectivity index (χ0v) is 27.7. The highest BCUT2D eigenvalue weighted by atomic mass is 19.1. The van der Waals surface area contributed by atoms with Crippen LogP contribution in [-0.2, 0) is 0 Å². The minimum atomic E-state index is -0.218. The minimum Gasteiger partial charge on any atom is -0.311 e. The molecule has 0 fully saturated rings. The molecule has 1 nitrogen and oxygen atoms in total. The zero-order chi connectivity index (χ0) is 34.3. The first kappa shape index (κ1) is 33.0. The van der Waals surface area contributed by atoms with E-state index in [1.54, 1.807) is 39.0 Å². The molecule has 0 aliphatic heterocycles. The van der Waals surface area contributed by atoms with Gasteiger partial charge in [-0.3, -0.25) is 0 Å². The van der Waals surface area contributed by atoms with Gasteiger partial charge in [-0.1, -0.05) is 109 Å². The molecule has 0 amide bonds. The first-order valence-corrected chi connectivity index (χ1v) is 16.1. The number of rotatable bonds is 9. The molecule has 0 spiro atoms. The fraction of sp³-hybridized carbons (Fsp3) is 0.0667. The van der Waals surface area contributed by atoms with Gasteiger partial charge in [-0.2, -0.15) is 0 Å². The van der Waals surface area contributed by atoms with E-state index in [9.17, 15) is 13.2 Å². The van der Waals surface area contributed by atoms with Crippen molar-refractivity contribution in [3.63, 3.8) is 0 Å². The van der Waals surface area contributed by atoms with E-state index in [1.807, 2.05) is 91.1 Å². The van der Waals surface area contributed by atoms with E-state index >= 15 is 0 Å². The summed E-state index contributed by atoms with van der Waals surface area (Å²) in [6.07, 6.45) is 11.6. The quantitative estimate of drug-likeness (QED) is 0.141. The molecule has 242 valence electrons. The Morgan fingerprint density at radius 2 is 0.551 bits per heavy atom. The van der Waals surface area contributed by atoms with Gasteiger partial charge in [0.1, 0.15) is 17.5 Å². The van der Waals surface area contributed by atoms with Crippen LogP contribution >= 0.6 is 0 Å². The molecule has 0 saturated heterocycles. The van der Waals surface area contributed by atoms with Crippen molar-refractivity contribution in [2.45, 2.75) is 20.8 Å². The molecule has 0 radical (unpaired) electrons. The summed E-state index contributed by atoms with van der Waals surface area (Å²) in [5.74, 6) is -0.655. The summed E-state index contributed by atoms with van der Waals surface area (Å²) >= 11 is 0. The number of benzene rings is 6. The second kappa shape index (κ2) is 14.9. The van der Waals surface area contributed by atoms with E-state index in [1.165, 1.54) is 18.2 Å². The molecule has 6 aromatic rings. The van der Waals surface area contributed by atoms with Gasteiger partial charge in [0.15, 0.2) is 0 Å². The molecule has 0 N–H and O–H groups in total. The Balaban J connectivity index is 1.27. The third-order valence-corrected chi connectivity index (χ3v) is 8.45. The van der Waals surface area contributed by atoms with E-state index in [2.05, 4.69) is 41.3 Å². The summed E-state index contributed by atoms with van der Waals surface area (Å²) in [7, 11) is 0. The summed E-state index contributed by atoms with van der Waals surface area (Å²) in [4.78, 5) is 2.18. The maximum atomic E-state index is 14.0. The van der Waals surface area contributed by atoms with Crippen LogP contribution in [0.1, 0.15) is 50.1 Å². The molecule has 4 heteroatoms. The Hall–Kier alpha value is -5.87. The largest absolute Gasteiger partial charge is 0.311 e. The van der Waals surface area contributed by atoms with Crippen molar-refractivity contribution < 1.29 is 13.2 Å². The highest BCUT2D eigenvalue weighted by Crippen LogP contribution is 2.35. The van der Waals surface area contributed by atoms with Crippen LogP contribution in [0.3, 0.4) is 0 Å². The van der Waals surface area contributed by atoms with Gasteiger partial charge < -0.3 is 4.90 Å². The van der Waals surface area contributed by atoms with Crippen LogP contribution in [0.25, 0.3) is 36.5 Å². The maximum Gasteiger partial charge on any atom is 0.126 e. The smallest absolute Gasteiger partial charge is 0.126 e. The highest BCUT2D eigenvalue weighted by molar-refractivity contribution is 5.80. The number of halogens is 3. The molecule has 0 aliphatic rings. The van der Waals surface area contributed by atoms with Crippen molar-refractivity contribution in [3.8, 4) is 0 Å². The lowest BCUT2D eigenvalue weighted by Crippen LogP contribution is -2.09. The summed E-state index contributed by atoms with van der Waals surface area (Å²) in [6.45, 7) is 5.26. The van der Waals surface area contributed by atoms with Crippen LogP contribution in [0, 0.1) is 38.2 Å². The molecule has 0 saturated carbocycles. The normalized spacial score (nSPS) is 11.6. The molecule has 0 heterocycles. The van der Waals surface area contributed by atoms with Crippen LogP contribution in [0.15, 0.2) is 127 Å². The lowest BCUT2D eigenvalue weighted by Gasteiger charge is -2.26. The van der Waals surface area contributed by atoms with E-state index in [4.69, 9.17) is 0 Å². The van der Waals surface area contributed by atoms with Crippen LogP contribution in [0.5, 0.6) is 0 Å². The average molecular weight is 648 g/mol. The maximum absolute atomic E-state index is 14.0. The van der Waals surface area contributed by atoms with Gasteiger partial charge in [0.2, 0.25) is 0 Å². The number of nitrogens with zero attached hydrogens (tertiary/aromatic N) is 1. The molecule has 0 bridgehead atoms. The molecule has 0 unspecified atom stereocenters. The number of anilines is 3. The van der Waals surface area contributed by atoms with Gasteiger partial charge in [-0.25, -0.2) is 13.2 Å². The minimum absolute atomic E-state index is 0.218. The van der Waals surface area contributed by atoms with E-state index in [-0.39, 0.29) is 17.5 Å².